The number of benzene rings is 1. The first-order valence-electron chi connectivity index (χ1n) is 9.67. The van der Waals surface area contributed by atoms with E-state index in [9.17, 15) is 9.59 Å². The largest absolute Gasteiger partial charge is 0.450 e. The molecule has 0 spiro atoms. The molecule has 142 valence electrons. The summed E-state index contributed by atoms with van der Waals surface area (Å²) in [5, 5.41) is 3.48. The van der Waals surface area contributed by atoms with Gasteiger partial charge in [-0.05, 0) is 37.3 Å². The zero-order valence-electron chi connectivity index (χ0n) is 15.6. The van der Waals surface area contributed by atoms with Gasteiger partial charge in [0.1, 0.15) is 0 Å². The molecule has 0 unspecified atom stereocenters. The molecule has 1 aromatic rings. The highest BCUT2D eigenvalue weighted by molar-refractivity contribution is 5.76. The van der Waals surface area contributed by atoms with Crippen molar-refractivity contribution in [3.05, 3.63) is 35.4 Å². The number of fused-ring (bicyclic) bond motifs is 1. The molecule has 0 aliphatic carbocycles. The molecule has 1 fully saturated rings. The van der Waals surface area contributed by atoms with Gasteiger partial charge in [-0.25, -0.2) is 4.79 Å². The molecule has 0 radical (unpaired) electrons. The highest BCUT2D eigenvalue weighted by Gasteiger charge is 2.24. The zero-order chi connectivity index (χ0) is 18.4. The normalized spacial score (nSPS) is 17.7. The third kappa shape index (κ3) is 4.75. The molecular formula is C20H29N3O3. The van der Waals surface area contributed by atoms with Crippen molar-refractivity contribution in [2.24, 2.45) is 0 Å². The fraction of sp³-hybridized carbons (Fsp3) is 0.600. The molecule has 2 aliphatic heterocycles. The Morgan fingerprint density at radius 1 is 1.12 bits per heavy atom. The van der Waals surface area contributed by atoms with Crippen LogP contribution >= 0.6 is 0 Å². The number of likely N-dealkylation sites (tertiary alicyclic amines) is 1. The lowest BCUT2D eigenvalue weighted by atomic mass is 10.00. The first-order chi connectivity index (χ1) is 12.7. The molecule has 2 aliphatic rings. The number of nitrogens with zero attached hydrogens (tertiary/aromatic N) is 2. The summed E-state index contributed by atoms with van der Waals surface area (Å²) in [4.78, 5) is 27.9. The van der Waals surface area contributed by atoms with E-state index in [-0.39, 0.29) is 12.0 Å². The second kappa shape index (κ2) is 9.03. The van der Waals surface area contributed by atoms with E-state index in [4.69, 9.17) is 4.74 Å². The van der Waals surface area contributed by atoms with Crippen molar-refractivity contribution >= 4 is 12.0 Å². The molecule has 1 saturated heterocycles. The van der Waals surface area contributed by atoms with Gasteiger partial charge >= 0.3 is 6.09 Å². The third-order valence-electron chi connectivity index (χ3n) is 5.28. The monoisotopic (exact) mass is 359 g/mol. The number of nitrogens with one attached hydrogen (secondary N) is 1. The number of carbonyl (C=O) groups excluding carboxylic acids is 2. The van der Waals surface area contributed by atoms with Crippen LogP contribution < -0.4 is 5.32 Å². The van der Waals surface area contributed by atoms with Crippen molar-refractivity contribution in [1.29, 1.82) is 0 Å². The molecule has 26 heavy (non-hydrogen) atoms. The summed E-state index contributed by atoms with van der Waals surface area (Å²) in [5.41, 5.74) is 2.63. The summed E-state index contributed by atoms with van der Waals surface area (Å²) in [7, 11) is 0. The van der Waals surface area contributed by atoms with E-state index >= 15 is 0 Å². The minimum atomic E-state index is -0.216. The molecule has 3 rings (SSSR count). The summed E-state index contributed by atoms with van der Waals surface area (Å²) in [6, 6.07) is 8.74. The Kier molecular flexibility index (Phi) is 6.50. The van der Waals surface area contributed by atoms with Gasteiger partial charge in [0, 0.05) is 45.2 Å². The Labute approximate surface area is 155 Å². The van der Waals surface area contributed by atoms with Gasteiger partial charge in [0.25, 0.3) is 0 Å². The standard InChI is InChI=1S/C20H29N3O3/c1-2-26-20(25)22-13-9-18(10-14-22)21-11-7-19(24)23-12-8-16-5-3-4-6-17(16)15-23/h3-6,18,21H,2,7-15H2,1H3. The topological polar surface area (TPSA) is 61.9 Å². The van der Waals surface area contributed by atoms with E-state index in [1.165, 1.54) is 11.1 Å². The number of piperidine rings is 1. The van der Waals surface area contributed by atoms with Crippen molar-refractivity contribution in [1.82, 2.24) is 15.1 Å². The van der Waals surface area contributed by atoms with Gasteiger partial charge in [-0.1, -0.05) is 24.3 Å². The van der Waals surface area contributed by atoms with Gasteiger partial charge in [0.15, 0.2) is 0 Å². The minimum absolute atomic E-state index is 0.216. The van der Waals surface area contributed by atoms with Crippen molar-refractivity contribution in [2.45, 2.75) is 45.2 Å². The highest BCUT2D eigenvalue weighted by Crippen LogP contribution is 2.19. The van der Waals surface area contributed by atoms with Crippen LogP contribution in [-0.4, -0.2) is 60.6 Å². The second-order valence-corrected chi connectivity index (χ2v) is 7.00. The third-order valence-corrected chi connectivity index (χ3v) is 5.28. The quantitative estimate of drug-likeness (QED) is 0.875. The predicted octanol–water partition coefficient (Wildman–Crippen LogP) is 2.17. The average molecular weight is 359 g/mol. The SMILES string of the molecule is CCOC(=O)N1CCC(NCCC(=O)N2CCc3ccccc3C2)CC1. The molecule has 1 N–H and O–H groups in total. The smallest absolute Gasteiger partial charge is 0.409 e. The lowest BCUT2D eigenvalue weighted by molar-refractivity contribution is -0.132. The first-order valence-corrected chi connectivity index (χ1v) is 9.67. The van der Waals surface area contributed by atoms with Crippen LogP contribution in [0.4, 0.5) is 4.79 Å². The molecular weight excluding hydrogens is 330 g/mol. The van der Waals surface area contributed by atoms with Gasteiger partial charge in [-0.3, -0.25) is 4.79 Å². The predicted molar refractivity (Wildman–Crippen MR) is 99.8 cm³/mol. The molecule has 6 heteroatoms. The van der Waals surface area contributed by atoms with E-state index in [1.54, 1.807) is 4.90 Å². The van der Waals surface area contributed by atoms with Gasteiger partial charge in [-0.2, -0.15) is 0 Å². The van der Waals surface area contributed by atoms with Crippen LogP contribution in [0.15, 0.2) is 24.3 Å². The number of hydrogen-bond acceptors (Lipinski definition) is 4. The van der Waals surface area contributed by atoms with E-state index in [0.29, 0.717) is 38.7 Å². The summed E-state index contributed by atoms with van der Waals surface area (Å²) >= 11 is 0. The Morgan fingerprint density at radius 3 is 2.58 bits per heavy atom. The second-order valence-electron chi connectivity index (χ2n) is 7.00. The van der Waals surface area contributed by atoms with E-state index < -0.39 is 0 Å². The van der Waals surface area contributed by atoms with Gasteiger partial charge < -0.3 is 19.9 Å². The maximum Gasteiger partial charge on any atom is 0.409 e. The van der Waals surface area contributed by atoms with Crippen LogP contribution in [-0.2, 0) is 22.5 Å². The van der Waals surface area contributed by atoms with Crippen molar-refractivity contribution in [3.8, 4) is 0 Å². The summed E-state index contributed by atoms with van der Waals surface area (Å²) in [6.45, 7) is 5.91. The van der Waals surface area contributed by atoms with Crippen LogP contribution in [0.2, 0.25) is 0 Å². The van der Waals surface area contributed by atoms with Crippen LogP contribution in [0.1, 0.15) is 37.3 Å². The Balaban J connectivity index is 1.35. The van der Waals surface area contributed by atoms with Gasteiger partial charge in [-0.15, -0.1) is 0 Å². The van der Waals surface area contributed by atoms with Crippen molar-refractivity contribution in [3.63, 3.8) is 0 Å². The minimum Gasteiger partial charge on any atom is -0.450 e. The molecule has 1 aromatic carbocycles. The first kappa shape index (κ1) is 18.7. The number of rotatable bonds is 5. The summed E-state index contributed by atoms with van der Waals surface area (Å²) in [5.74, 6) is 0.218. The van der Waals surface area contributed by atoms with Crippen LogP contribution in [0.5, 0.6) is 0 Å². The Bertz CT molecular complexity index is 626. The lowest BCUT2D eigenvalue weighted by Gasteiger charge is -2.32. The molecule has 6 nitrogen and oxygen atoms in total. The van der Waals surface area contributed by atoms with Crippen LogP contribution in [0.3, 0.4) is 0 Å². The zero-order valence-corrected chi connectivity index (χ0v) is 15.6. The number of hydrogen-bond donors (Lipinski definition) is 1. The fourth-order valence-electron chi connectivity index (χ4n) is 3.73. The maximum atomic E-state index is 12.5. The molecule has 0 saturated carbocycles. The maximum absolute atomic E-state index is 12.5. The van der Waals surface area contributed by atoms with Gasteiger partial charge in [0.2, 0.25) is 5.91 Å². The van der Waals surface area contributed by atoms with E-state index in [2.05, 4.69) is 23.5 Å². The highest BCUT2D eigenvalue weighted by atomic mass is 16.6. The van der Waals surface area contributed by atoms with Gasteiger partial charge in [0.05, 0.1) is 6.61 Å². The average Bonchev–Trinajstić information content (AvgIpc) is 2.68. The Hall–Kier alpha value is -2.08. The summed E-state index contributed by atoms with van der Waals surface area (Å²) < 4.78 is 5.04. The summed E-state index contributed by atoms with van der Waals surface area (Å²) in [6.07, 6.45) is 3.07. The van der Waals surface area contributed by atoms with E-state index in [0.717, 1.165) is 32.4 Å². The van der Waals surface area contributed by atoms with Crippen molar-refractivity contribution in [2.75, 3.05) is 32.8 Å². The lowest BCUT2D eigenvalue weighted by Crippen LogP contribution is -2.46. The molecule has 0 aromatic heterocycles. The van der Waals surface area contributed by atoms with Crippen molar-refractivity contribution < 1.29 is 14.3 Å². The fourth-order valence-corrected chi connectivity index (χ4v) is 3.73. The Morgan fingerprint density at radius 2 is 1.85 bits per heavy atom. The van der Waals surface area contributed by atoms with E-state index in [1.807, 2.05) is 17.9 Å². The molecule has 0 atom stereocenters. The molecule has 2 heterocycles. The number of ether oxygens (including phenoxy) is 1. The molecule has 0 bridgehead atoms. The molecule has 2 amide bonds. The van der Waals surface area contributed by atoms with Crippen LogP contribution in [0, 0.1) is 0 Å². The number of carbonyl (C=O) groups is 2. The van der Waals surface area contributed by atoms with Crippen LogP contribution in [0.25, 0.3) is 0 Å². The number of amides is 2.